The molecule has 2 heterocycles. The predicted octanol–water partition coefficient (Wildman–Crippen LogP) is 11.2. The maximum Gasteiger partial charge on any atom is 0.181 e. The Morgan fingerprint density at radius 3 is 1.73 bits per heavy atom. The number of para-hydroxylation sites is 2. The van der Waals surface area contributed by atoms with E-state index in [1.807, 2.05) is 0 Å². The van der Waals surface area contributed by atoms with Gasteiger partial charge in [0.1, 0.15) is 11.2 Å². The molecule has 2 nitrogen and oxygen atoms in total. The molecule has 0 amide bonds. The Morgan fingerprint density at radius 1 is 0.382 bits per heavy atom. The number of anilines is 3. The first kappa shape index (κ1) is 31.6. The first-order chi connectivity index (χ1) is 27.3. The largest absolute Gasteiger partial charge is 0.455 e. The van der Waals surface area contributed by atoms with E-state index in [4.69, 9.17) is 4.42 Å². The van der Waals surface area contributed by atoms with Crippen LogP contribution in [0.25, 0.3) is 55.0 Å². The maximum absolute atomic E-state index is 6.82. The predicted molar refractivity (Wildman–Crippen MR) is 234 cm³/mol. The fraction of sp³-hybridized carbons (Fsp3) is 0. The molecule has 11 rings (SSSR count). The zero-order valence-corrected chi connectivity index (χ0v) is 31.1. The SMILES string of the molecule is c1ccc(N(c2ccc(-c3ccc4ccccc4c3)cc2)c2ccc3c(c2)[Si](c2ccccc2)(c2ccccc2)c2ccc4c(oc5ccccc54)c2-3)cc1. The summed E-state index contributed by atoms with van der Waals surface area (Å²) in [5.74, 6) is 0. The lowest BCUT2D eigenvalue weighted by molar-refractivity contribution is 0.670. The zero-order valence-electron chi connectivity index (χ0n) is 30.1. The molecular formula is C52H35NOSi. The average molecular weight is 718 g/mol. The summed E-state index contributed by atoms with van der Waals surface area (Å²) < 4.78 is 6.82. The van der Waals surface area contributed by atoms with Gasteiger partial charge in [0.25, 0.3) is 0 Å². The smallest absolute Gasteiger partial charge is 0.181 e. The van der Waals surface area contributed by atoms with Crippen molar-refractivity contribution in [2.45, 2.75) is 0 Å². The van der Waals surface area contributed by atoms with Crippen LogP contribution in [-0.4, -0.2) is 8.07 Å². The number of benzene rings is 9. The normalized spacial score (nSPS) is 12.9. The molecule has 0 atom stereocenters. The molecule has 10 aromatic rings. The summed E-state index contributed by atoms with van der Waals surface area (Å²) in [6, 6.07) is 77.7. The molecule has 1 aliphatic heterocycles. The molecule has 0 N–H and O–H groups in total. The van der Waals surface area contributed by atoms with Crippen molar-refractivity contribution in [3.05, 3.63) is 212 Å². The molecule has 0 spiro atoms. The van der Waals surface area contributed by atoms with Gasteiger partial charge in [-0.1, -0.05) is 164 Å². The van der Waals surface area contributed by atoms with Crippen LogP contribution in [0, 0.1) is 0 Å². The first-order valence-corrected chi connectivity index (χ1v) is 20.9. The monoisotopic (exact) mass is 717 g/mol. The van der Waals surface area contributed by atoms with Crippen molar-refractivity contribution < 1.29 is 4.42 Å². The molecule has 0 bridgehead atoms. The third-order valence-corrected chi connectivity index (χ3v) is 16.4. The highest BCUT2D eigenvalue weighted by Gasteiger charge is 2.50. The molecule has 258 valence electrons. The summed E-state index contributed by atoms with van der Waals surface area (Å²) in [7, 11) is -2.83. The molecule has 0 saturated carbocycles. The van der Waals surface area contributed by atoms with Gasteiger partial charge in [-0.25, -0.2) is 0 Å². The third kappa shape index (κ3) is 4.87. The van der Waals surface area contributed by atoms with Crippen molar-refractivity contribution in [2.75, 3.05) is 4.90 Å². The summed E-state index contributed by atoms with van der Waals surface area (Å²) in [6.07, 6.45) is 0. The van der Waals surface area contributed by atoms with Crippen LogP contribution in [0.4, 0.5) is 17.1 Å². The van der Waals surface area contributed by atoms with Crippen LogP contribution in [0.15, 0.2) is 217 Å². The summed E-state index contributed by atoms with van der Waals surface area (Å²) in [6.45, 7) is 0. The molecule has 0 aliphatic carbocycles. The Hall–Kier alpha value is -6.94. The van der Waals surface area contributed by atoms with Crippen molar-refractivity contribution >= 4 is 78.6 Å². The molecule has 9 aromatic carbocycles. The summed E-state index contributed by atoms with van der Waals surface area (Å²) in [5.41, 5.74) is 10.1. The van der Waals surface area contributed by atoms with E-state index in [1.54, 1.807) is 0 Å². The van der Waals surface area contributed by atoms with Crippen LogP contribution in [0.2, 0.25) is 0 Å². The van der Waals surface area contributed by atoms with Crippen molar-refractivity contribution in [1.29, 1.82) is 0 Å². The van der Waals surface area contributed by atoms with E-state index in [0.717, 1.165) is 39.0 Å². The van der Waals surface area contributed by atoms with E-state index in [0.29, 0.717) is 0 Å². The van der Waals surface area contributed by atoms with Gasteiger partial charge in [0.05, 0.1) is 0 Å². The van der Waals surface area contributed by atoms with Crippen LogP contribution in [0.5, 0.6) is 0 Å². The average Bonchev–Trinajstić information content (AvgIpc) is 3.79. The Labute approximate surface area is 321 Å². The van der Waals surface area contributed by atoms with Gasteiger partial charge in [0, 0.05) is 33.4 Å². The number of furan rings is 1. The van der Waals surface area contributed by atoms with E-state index in [2.05, 4.69) is 217 Å². The Bertz CT molecular complexity index is 2990. The molecule has 55 heavy (non-hydrogen) atoms. The lowest BCUT2D eigenvalue weighted by Crippen LogP contribution is -2.72. The standard InChI is InChI=1S/C52H35NOSi/c1-4-16-40(17-5-1)53(41-28-26-37(27-29-41)39-25-24-36-14-10-11-15-38(36)34-39)42-30-31-47-50(35-42)55(43-18-6-2-7-19-43,44-20-8-3-9-21-44)49-33-32-46-45-22-12-13-23-48(45)54-52(46)51(47)49/h1-35H. The van der Waals surface area contributed by atoms with Gasteiger partial charge in [-0.2, -0.15) is 0 Å². The first-order valence-electron chi connectivity index (χ1n) is 18.9. The van der Waals surface area contributed by atoms with Crippen LogP contribution in [0.3, 0.4) is 0 Å². The molecule has 0 fully saturated rings. The highest BCUT2D eigenvalue weighted by Crippen LogP contribution is 2.42. The second kappa shape index (κ2) is 12.6. The van der Waals surface area contributed by atoms with Crippen molar-refractivity contribution in [3.63, 3.8) is 0 Å². The van der Waals surface area contributed by atoms with Crippen LogP contribution in [0.1, 0.15) is 0 Å². The van der Waals surface area contributed by atoms with Gasteiger partial charge in [0.2, 0.25) is 0 Å². The van der Waals surface area contributed by atoms with Gasteiger partial charge in [0.15, 0.2) is 8.07 Å². The Morgan fingerprint density at radius 2 is 0.982 bits per heavy atom. The number of hydrogen-bond donors (Lipinski definition) is 0. The van der Waals surface area contributed by atoms with Crippen molar-refractivity contribution in [2.24, 2.45) is 0 Å². The molecule has 0 unspecified atom stereocenters. The summed E-state index contributed by atoms with van der Waals surface area (Å²) in [4.78, 5) is 2.40. The zero-order chi connectivity index (χ0) is 36.3. The van der Waals surface area contributed by atoms with E-state index < -0.39 is 8.07 Å². The topological polar surface area (TPSA) is 16.4 Å². The lowest BCUT2D eigenvalue weighted by atomic mass is 10.0. The molecule has 1 aromatic heterocycles. The van der Waals surface area contributed by atoms with Crippen LogP contribution >= 0.6 is 0 Å². The van der Waals surface area contributed by atoms with Gasteiger partial charge < -0.3 is 9.32 Å². The summed E-state index contributed by atoms with van der Waals surface area (Å²) >= 11 is 0. The lowest BCUT2D eigenvalue weighted by Gasteiger charge is -2.32. The quantitative estimate of drug-likeness (QED) is 0.159. The number of nitrogens with zero attached hydrogens (tertiary/aromatic N) is 1. The molecular weight excluding hydrogens is 683 g/mol. The number of hydrogen-bond acceptors (Lipinski definition) is 2. The minimum absolute atomic E-state index is 0.921. The second-order valence-electron chi connectivity index (χ2n) is 14.5. The number of rotatable bonds is 6. The molecule has 0 saturated heterocycles. The molecule has 3 heteroatoms. The van der Waals surface area contributed by atoms with E-state index in [-0.39, 0.29) is 0 Å². The third-order valence-electron chi connectivity index (χ3n) is 11.5. The highest BCUT2D eigenvalue weighted by molar-refractivity contribution is 7.22. The van der Waals surface area contributed by atoms with Gasteiger partial charge in [-0.3, -0.25) is 0 Å². The fourth-order valence-electron chi connectivity index (χ4n) is 9.07. The Balaban J connectivity index is 1.15. The van der Waals surface area contributed by atoms with Crippen LogP contribution < -0.4 is 25.6 Å². The van der Waals surface area contributed by atoms with E-state index in [1.165, 1.54) is 53.8 Å². The number of fused-ring (bicyclic) bond motifs is 8. The van der Waals surface area contributed by atoms with Crippen molar-refractivity contribution in [1.82, 2.24) is 0 Å². The van der Waals surface area contributed by atoms with Crippen LogP contribution in [-0.2, 0) is 0 Å². The van der Waals surface area contributed by atoms with Gasteiger partial charge in [-0.05, 0) is 96.7 Å². The van der Waals surface area contributed by atoms with Gasteiger partial charge in [-0.15, -0.1) is 0 Å². The molecule has 0 radical (unpaired) electrons. The Kier molecular flexibility index (Phi) is 7.22. The summed E-state index contributed by atoms with van der Waals surface area (Å²) in [5, 5.41) is 10.3. The fourth-order valence-corrected chi connectivity index (χ4v) is 14.3. The highest BCUT2D eigenvalue weighted by atomic mass is 28.3. The van der Waals surface area contributed by atoms with E-state index in [9.17, 15) is 0 Å². The maximum atomic E-state index is 6.82. The minimum atomic E-state index is -2.83. The van der Waals surface area contributed by atoms with Gasteiger partial charge >= 0.3 is 0 Å². The van der Waals surface area contributed by atoms with Crippen molar-refractivity contribution in [3.8, 4) is 22.3 Å². The van der Waals surface area contributed by atoms with E-state index >= 15 is 0 Å². The minimum Gasteiger partial charge on any atom is -0.455 e. The second-order valence-corrected chi connectivity index (χ2v) is 18.2. The molecule has 1 aliphatic rings.